The van der Waals surface area contributed by atoms with Gasteiger partial charge in [0, 0.05) is 36.6 Å². The van der Waals surface area contributed by atoms with E-state index in [0.29, 0.717) is 27.7 Å². The molecule has 230 valence electrons. The van der Waals surface area contributed by atoms with Crippen LogP contribution in [-0.2, 0) is 18.3 Å². The van der Waals surface area contributed by atoms with Crippen molar-refractivity contribution in [3.8, 4) is 17.3 Å². The highest BCUT2D eigenvalue weighted by Crippen LogP contribution is 2.36. The van der Waals surface area contributed by atoms with Crippen molar-refractivity contribution >= 4 is 33.9 Å². The normalized spacial score (nSPS) is 17.8. The number of fused-ring (bicyclic) bond motifs is 2. The van der Waals surface area contributed by atoms with E-state index >= 15 is 0 Å². The van der Waals surface area contributed by atoms with Crippen molar-refractivity contribution in [1.29, 1.82) is 0 Å². The highest BCUT2D eigenvalue weighted by molar-refractivity contribution is 6.00. The van der Waals surface area contributed by atoms with Gasteiger partial charge in [0.15, 0.2) is 5.82 Å². The van der Waals surface area contributed by atoms with E-state index in [2.05, 4.69) is 10.3 Å². The van der Waals surface area contributed by atoms with E-state index in [1.807, 2.05) is 0 Å². The molecule has 2 atom stereocenters. The van der Waals surface area contributed by atoms with Crippen molar-refractivity contribution in [2.24, 2.45) is 7.05 Å². The van der Waals surface area contributed by atoms with Crippen LogP contribution in [-0.4, -0.2) is 80.2 Å². The molecule has 0 radical (unpaired) electrons. The Balaban J connectivity index is 1.49. The number of alkyl carbamates (subject to hydrolysis) is 1. The number of aryl methyl sites for hydroxylation is 1. The number of benzene rings is 2. The molecule has 2 amide bonds. The minimum atomic E-state index is -4.46. The number of nitrogens with one attached hydrogen (secondary N) is 1. The van der Waals surface area contributed by atoms with Crippen LogP contribution in [0.1, 0.15) is 37.6 Å². The summed E-state index contributed by atoms with van der Waals surface area (Å²) in [5.74, 6) is 0.226. The number of imidazole rings is 1. The molecule has 2 aromatic heterocycles. The molecule has 0 unspecified atom stereocenters. The number of rotatable bonds is 5. The van der Waals surface area contributed by atoms with E-state index in [9.17, 15) is 27.9 Å². The average Bonchev–Trinajstić information content (AvgIpc) is 3.44. The van der Waals surface area contributed by atoms with Gasteiger partial charge in [-0.1, -0.05) is 18.2 Å². The molecule has 43 heavy (non-hydrogen) atoms. The lowest BCUT2D eigenvalue weighted by Gasteiger charge is -2.36. The Labute approximate surface area is 246 Å². The minimum absolute atomic E-state index is 0.0462. The summed E-state index contributed by atoms with van der Waals surface area (Å²) in [4.78, 5) is 32.2. The van der Waals surface area contributed by atoms with E-state index < -0.39 is 36.6 Å². The van der Waals surface area contributed by atoms with E-state index in [1.165, 1.54) is 16.6 Å². The third kappa shape index (κ3) is 6.26. The third-order valence-corrected chi connectivity index (χ3v) is 7.34. The van der Waals surface area contributed by atoms with Crippen LogP contribution in [0.4, 0.5) is 18.0 Å². The number of likely N-dealkylation sites (tertiary alicyclic amines) is 1. The fraction of sp³-hybridized carbons (Fsp3) is 0.433. The number of aliphatic hydroxyl groups excluding tert-OH is 1. The summed E-state index contributed by atoms with van der Waals surface area (Å²) in [5.41, 5.74) is 1.09. The number of carbonyl (C=O) groups is 2. The summed E-state index contributed by atoms with van der Waals surface area (Å²) in [6.45, 7) is 4.27. The Kier molecular flexibility index (Phi) is 7.80. The molecule has 1 aliphatic heterocycles. The maximum Gasteiger partial charge on any atom is 0.408 e. The van der Waals surface area contributed by atoms with Crippen LogP contribution in [0, 0.1) is 0 Å². The van der Waals surface area contributed by atoms with Crippen molar-refractivity contribution in [1.82, 2.24) is 24.3 Å². The van der Waals surface area contributed by atoms with Gasteiger partial charge in [-0.3, -0.25) is 4.79 Å². The summed E-state index contributed by atoms with van der Waals surface area (Å²) in [7, 11) is 3.12. The third-order valence-electron chi connectivity index (χ3n) is 7.34. The van der Waals surface area contributed by atoms with Crippen LogP contribution < -0.4 is 10.1 Å². The zero-order chi connectivity index (χ0) is 31.3. The van der Waals surface area contributed by atoms with Crippen LogP contribution in [0.2, 0.25) is 0 Å². The first-order valence-electron chi connectivity index (χ1n) is 13.8. The first kappa shape index (κ1) is 30.2. The molecule has 4 aromatic rings. The van der Waals surface area contributed by atoms with Crippen LogP contribution in [0.25, 0.3) is 33.5 Å². The predicted octanol–water partition coefficient (Wildman–Crippen LogP) is 4.87. The Hall–Kier alpha value is -4.26. The quantitative estimate of drug-likeness (QED) is 0.338. The second-order valence-corrected chi connectivity index (χ2v) is 11.7. The maximum atomic E-state index is 13.6. The fourth-order valence-electron chi connectivity index (χ4n) is 5.47. The number of amides is 2. The van der Waals surface area contributed by atoms with Crippen LogP contribution in [0.15, 0.2) is 42.5 Å². The molecule has 0 bridgehead atoms. The Morgan fingerprint density at radius 3 is 2.53 bits per heavy atom. The van der Waals surface area contributed by atoms with Crippen LogP contribution in [0.5, 0.6) is 5.75 Å². The average molecular weight is 602 g/mol. The molecule has 1 aliphatic rings. The topological polar surface area (TPSA) is 111 Å². The number of carbonyl (C=O) groups excluding carboxylic acids is 2. The summed E-state index contributed by atoms with van der Waals surface area (Å²) in [6.07, 6.45) is -5.78. The number of hydrogen-bond donors (Lipinski definition) is 2. The smallest absolute Gasteiger partial charge is 0.408 e. The lowest BCUT2D eigenvalue weighted by molar-refractivity contribution is -0.139. The van der Waals surface area contributed by atoms with Crippen molar-refractivity contribution in [2.45, 2.75) is 57.7 Å². The molecular formula is C30H34F3N5O5. The molecule has 0 saturated carbocycles. The number of aromatic nitrogens is 3. The second-order valence-electron chi connectivity index (χ2n) is 11.7. The number of methoxy groups -OCH3 is 1. The van der Waals surface area contributed by atoms with Gasteiger partial charge in [-0.2, -0.15) is 13.2 Å². The SMILES string of the molecule is COc1cc(C(=O)N2CC[C@@H](O)[C@@H](NC(=O)OC(C)(C)C)C2)cc2nc(-c3cc4ccccc4n3CC(F)(F)F)n(C)c12. The Morgan fingerprint density at radius 1 is 1.14 bits per heavy atom. The van der Waals surface area contributed by atoms with Gasteiger partial charge in [0.1, 0.15) is 23.4 Å². The van der Waals surface area contributed by atoms with Crippen molar-refractivity contribution in [3.05, 3.63) is 48.0 Å². The number of hydrogen-bond acceptors (Lipinski definition) is 6. The summed E-state index contributed by atoms with van der Waals surface area (Å²) in [6, 6.07) is 10.9. The first-order valence-corrected chi connectivity index (χ1v) is 13.8. The molecule has 0 aliphatic carbocycles. The zero-order valence-electron chi connectivity index (χ0n) is 24.5. The number of nitrogens with zero attached hydrogens (tertiary/aromatic N) is 4. The first-order chi connectivity index (χ1) is 20.1. The number of ether oxygens (including phenoxy) is 2. The monoisotopic (exact) mass is 601 g/mol. The van der Waals surface area contributed by atoms with E-state index in [0.717, 1.165) is 0 Å². The van der Waals surface area contributed by atoms with Gasteiger partial charge in [0.2, 0.25) is 0 Å². The fourth-order valence-corrected chi connectivity index (χ4v) is 5.47. The van der Waals surface area contributed by atoms with Gasteiger partial charge in [-0.05, 0) is 51.5 Å². The number of halogens is 3. The molecule has 5 rings (SSSR count). The zero-order valence-corrected chi connectivity index (χ0v) is 24.5. The molecule has 1 saturated heterocycles. The van der Waals surface area contributed by atoms with Crippen molar-refractivity contribution in [2.75, 3.05) is 20.2 Å². The molecule has 0 spiro atoms. The number of aliphatic hydroxyl groups is 1. The molecule has 1 fully saturated rings. The van der Waals surface area contributed by atoms with E-state index in [1.54, 1.807) is 74.9 Å². The standard InChI is InChI=1S/C30H34F3N5O5/c1-29(2,3)43-28(41)35-20-15-37(11-10-23(20)39)27(40)18-12-19-25(24(14-18)42-5)36(4)26(34-19)22-13-17-8-6-7-9-21(17)38(22)16-30(31,32)33/h6-9,12-14,20,23,39H,10-11,15-16H2,1-5H3,(H,35,41)/t20-,23+/m0/s1. The Bertz CT molecular complexity index is 1690. The second kappa shape index (κ2) is 11.1. The van der Waals surface area contributed by atoms with E-state index in [-0.39, 0.29) is 42.5 Å². The van der Waals surface area contributed by atoms with Crippen molar-refractivity contribution in [3.63, 3.8) is 0 Å². The number of piperidine rings is 1. The highest BCUT2D eigenvalue weighted by atomic mass is 19.4. The highest BCUT2D eigenvalue weighted by Gasteiger charge is 2.34. The molecular weight excluding hydrogens is 567 g/mol. The van der Waals surface area contributed by atoms with Crippen LogP contribution in [0.3, 0.4) is 0 Å². The lowest BCUT2D eigenvalue weighted by atomic mass is 10.0. The van der Waals surface area contributed by atoms with Gasteiger partial charge < -0.3 is 33.9 Å². The summed E-state index contributed by atoms with van der Waals surface area (Å²) >= 11 is 0. The van der Waals surface area contributed by atoms with Gasteiger partial charge in [-0.25, -0.2) is 9.78 Å². The molecule has 10 nitrogen and oxygen atoms in total. The summed E-state index contributed by atoms with van der Waals surface area (Å²) in [5, 5.41) is 13.8. The number of alkyl halides is 3. The maximum absolute atomic E-state index is 13.6. The Morgan fingerprint density at radius 2 is 1.86 bits per heavy atom. The van der Waals surface area contributed by atoms with Gasteiger partial charge in [-0.15, -0.1) is 0 Å². The largest absolute Gasteiger partial charge is 0.494 e. The minimum Gasteiger partial charge on any atom is -0.494 e. The molecule has 3 heterocycles. The van der Waals surface area contributed by atoms with Gasteiger partial charge in [0.05, 0.1) is 30.5 Å². The van der Waals surface area contributed by atoms with Crippen molar-refractivity contribution < 1.29 is 37.3 Å². The molecule has 2 aromatic carbocycles. The molecule has 2 N–H and O–H groups in total. The number of para-hydroxylation sites is 1. The van der Waals surface area contributed by atoms with Crippen LogP contribution >= 0.6 is 0 Å². The van der Waals surface area contributed by atoms with Gasteiger partial charge in [0.25, 0.3) is 5.91 Å². The predicted molar refractivity (Wildman–Crippen MR) is 154 cm³/mol. The molecule has 13 heteroatoms. The summed E-state index contributed by atoms with van der Waals surface area (Å²) < 4.78 is 54.6. The lowest BCUT2D eigenvalue weighted by Crippen LogP contribution is -2.57. The van der Waals surface area contributed by atoms with E-state index in [4.69, 9.17) is 9.47 Å². The van der Waals surface area contributed by atoms with Gasteiger partial charge >= 0.3 is 12.3 Å².